The van der Waals surface area contributed by atoms with Gasteiger partial charge in [-0.25, -0.2) is 0 Å². The summed E-state index contributed by atoms with van der Waals surface area (Å²) in [7, 11) is 0. The summed E-state index contributed by atoms with van der Waals surface area (Å²) in [6.07, 6.45) is 5.19. The number of Topliss-reactive ketones (excluding diaryl/α,β-unsaturated/α-hetero) is 2. The molecule has 1 N–H and O–H groups in total. The second-order valence-electron chi connectivity index (χ2n) is 9.20. The predicted molar refractivity (Wildman–Crippen MR) is 94.1 cm³/mol. The lowest BCUT2D eigenvalue weighted by Gasteiger charge is -2.62. The molecule has 0 bridgehead atoms. The van der Waals surface area contributed by atoms with Crippen LogP contribution in [0.2, 0.25) is 0 Å². The van der Waals surface area contributed by atoms with Crippen LogP contribution in [0.4, 0.5) is 0 Å². The molecule has 0 spiro atoms. The first-order valence-corrected chi connectivity index (χ1v) is 9.77. The van der Waals surface area contributed by atoms with Gasteiger partial charge in [0.1, 0.15) is 17.7 Å². The highest BCUT2D eigenvalue weighted by Gasteiger charge is 2.68. The Morgan fingerprint density at radius 3 is 2.65 bits per heavy atom. The summed E-state index contributed by atoms with van der Waals surface area (Å²) >= 11 is 0. The van der Waals surface area contributed by atoms with E-state index in [0.29, 0.717) is 37.9 Å². The minimum absolute atomic E-state index is 0.0345. The van der Waals surface area contributed by atoms with Gasteiger partial charge < -0.3 is 9.84 Å². The van der Waals surface area contributed by atoms with E-state index in [1.54, 1.807) is 0 Å². The van der Waals surface area contributed by atoms with Gasteiger partial charge in [0.15, 0.2) is 0 Å². The van der Waals surface area contributed by atoms with E-state index in [-0.39, 0.29) is 29.5 Å². The van der Waals surface area contributed by atoms with Crippen LogP contribution >= 0.6 is 0 Å². The summed E-state index contributed by atoms with van der Waals surface area (Å²) < 4.78 is 5.58. The molecule has 4 rings (SSSR count). The zero-order valence-electron chi connectivity index (χ0n) is 15.8. The van der Waals surface area contributed by atoms with E-state index in [1.165, 1.54) is 6.92 Å². The molecule has 0 aromatic heterocycles. The number of aliphatic hydroxyl groups is 1. The van der Waals surface area contributed by atoms with Crippen LogP contribution < -0.4 is 0 Å². The third kappa shape index (κ3) is 2.09. The first-order chi connectivity index (χ1) is 12.1. The van der Waals surface area contributed by atoms with Gasteiger partial charge in [0, 0.05) is 31.6 Å². The molecule has 142 valence electrons. The number of carbonyl (C=O) groups excluding carboxylic acids is 3. The van der Waals surface area contributed by atoms with Crippen LogP contribution in [0.5, 0.6) is 0 Å². The SMILES string of the molecule is CC(=O)OC1CC(=O)CC2=CC[C@H]3[C@@H]4CCC(=O)[C@@]4(C)CC[C@@]3(O)[C@]21C. The molecule has 0 amide bonds. The number of allylic oxidation sites excluding steroid dienone is 1. The average Bonchev–Trinajstić information content (AvgIpc) is 2.85. The Kier molecular flexibility index (Phi) is 3.79. The van der Waals surface area contributed by atoms with Crippen LogP contribution in [0.1, 0.15) is 65.7 Å². The fraction of sp³-hybridized carbons (Fsp3) is 0.762. The van der Waals surface area contributed by atoms with E-state index in [9.17, 15) is 19.5 Å². The summed E-state index contributed by atoms with van der Waals surface area (Å²) in [5, 5.41) is 12.0. The predicted octanol–water partition coefficient (Wildman–Crippen LogP) is 2.74. The topological polar surface area (TPSA) is 80.7 Å². The van der Waals surface area contributed by atoms with Crippen molar-refractivity contribution in [1.29, 1.82) is 0 Å². The summed E-state index contributed by atoms with van der Waals surface area (Å²) in [5.41, 5.74) is -1.25. The van der Waals surface area contributed by atoms with Crippen molar-refractivity contribution in [1.82, 2.24) is 0 Å². The van der Waals surface area contributed by atoms with Crippen LogP contribution in [-0.4, -0.2) is 34.3 Å². The number of rotatable bonds is 1. The van der Waals surface area contributed by atoms with E-state index in [2.05, 4.69) is 13.0 Å². The molecule has 26 heavy (non-hydrogen) atoms. The van der Waals surface area contributed by atoms with Gasteiger partial charge in [-0.1, -0.05) is 18.6 Å². The number of carbonyl (C=O) groups is 3. The van der Waals surface area contributed by atoms with Gasteiger partial charge in [-0.2, -0.15) is 0 Å². The number of hydrogen-bond acceptors (Lipinski definition) is 5. The van der Waals surface area contributed by atoms with Gasteiger partial charge >= 0.3 is 5.97 Å². The molecule has 0 radical (unpaired) electrons. The smallest absolute Gasteiger partial charge is 0.302 e. The van der Waals surface area contributed by atoms with Crippen molar-refractivity contribution < 1.29 is 24.2 Å². The van der Waals surface area contributed by atoms with Crippen molar-refractivity contribution in [2.45, 2.75) is 77.4 Å². The quantitative estimate of drug-likeness (QED) is 0.574. The zero-order valence-corrected chi connectivity index (χ0v) is 15.8. The highest BCUT2D eigenvalue weighted by molar-refractivity contribution is 5.87. The molecule has 0 aromatic carbocycles. The Hall–Kier alpha value is -1.49. The van der Waals surface area contributed by atoms with E-state index in [4.69, 9.17) is 4.74 Å². The summed E-state index contributed by atoms with van der Waals surface area (Å²) in [6.45, 7) is 5.37. The molecule has 5 heteroatoms. The van der Waals surface area contributed by atoms with Gasteiger partial charge in [0.2, 0.25) is 0 Å². The molecule has 0 aliphatic heterocycles. The van der Waals surface area contributed by atoms with Crippen LogP contribution in [0.25, 0.3) is 0 Å². The van der Waals surface area contributed by atoms with Crippen molar-refractivity contribution in [3.63, 3.8) is 0 Å². The number of esters is 1. The van der Waals surface area contributed by atoms with E-state index >= 15 is 0 Å². The lowest BCUT2D eigenvalue weighted by atomic mass is 9.45. The molecule has 3 saturated carbocycles. The number of fused-ring (bicyclic) bond motifs is 5. The molecule has 1 unspecified atom stereocenters. The Morgan fingerprint density at radius 1 is 1.23 bits per heavy atom. The van der Waals surface area contributed by atoms with Crippen molar-refractivity contribution in [2.24, 2.45) is 22.7 Å². The van der Waals surface area contributed by atoms with Crippen molar-refractivity contribution in [3.05, 3.63) is 11.6 Å². The molecule has 4 aliphatic carbocycles. The molecule has 0 saturated heterocycles. The summed E-state index contributed by atoms with van der Waals surface area (Å²) in [6, 6.07) is 0. The van der Waals surface area contributed by atoms with Gasteiger partial charge in [-0.15, -0.1) is 0 Å². The Labute approximate surface area is 154 Å². The molecule has 5 nitrogen and oxygen atoms in total. The number of ketones is 2. The van der Waals surface area contributed by atoms with Crippen LogP contribution in [0, 0.1) is 22.7 Å². The molecule has 0 aromatic rings. The van der Waals surface area contributed by atoms with E-state index in [1.807, 2.05) is 6.92 Å². The lowest BCUT2D eigenvalue weighted by molar-refractivity contribution is -0.214. The zero-order chi connectivity index (χ0) is 18.9. The van der Waals surface area contributed by atoms with Crippen molar-refractivity contribution >= 4 is 17.5 Å². The first-order valence-electron chi connectivity index (χ1n) is 9.77. The highest BCUT2D eigenvalue weighted by Crippen LogP contribution is 2.65. The normalized spacial score (nSPS) is 47.5. The van der Waals surface area contributed by atoms with Crippen LogP contribution in [0.15, 0.2) is 11.6 Å². The maximum atomic E-state index is 12.5. The first kappa shape index (κ1) is 17.9. The second kappa shape index (κ2) is 5.51. The largest absolute Gasteiger partial charge is 0.461 e. The minimum atomic E-state index is -1.05. The Bertz CT molecular complexity index is 722. The molecular weight excluding hydrogens is 332 g/mol. The monoisotopic (exact) mass is 360 g/mol. The summed E-state index contributed by atoms with van der Waals surface area (Å²) in [4.78, 5) is 36.4. The molecule has 0 heterocycles. The number of ether oxygens (including phenoxy) is 1. The Morgan fingerprint density at radius 2 is 1.96 bits per heavy atom. The minimum Gasteiger partial charge on any atom is -0.461 e. The fourth-order valence-corrected chi connectivity index (χ4v) is 6.60. The highest BCUT2D eigenvalue weighted by atomic mass is 16.5. The Balaban J connectivity index is 1.80. The van der Waals surface area contributed by atoms with Gasteiger partial charge in [-0.05, 0) is 44.4 Å². The third-order valence-corrected chi connectivity index (χ3v) is 8.20. The molecule has 4 aliphatic rings. The standard InChI is InChI=1S/C21H28O5/c1-12(22)26-18-11-14(23)10-13-4-5-16-15-6-7-17(24)19(15,2)8-9-21(16,25)20(13,18)3/h4,15-16,18,25H,5-11H2,1-3H3/t15-,16-,18?,19-,20+,21-/m0/s1. The maximum absolute atomic E-state index is 12.5. The maximum Gasteiger partial charge on any atom is 0.302 e. The second-order valence-corrected chi connectivity index (χ2v) is 9.20. The summed E-state index contributed by atoms with van der Waals surface area (Å²) in [5.74, 6) is 0.0675. The van der Waals surface area contributed by atoms with Gasteiger partial charge in [-0.3, -0.25) is 14.4 Å². The van der Waals surface area contributed by atoms with Crippen LogP contribution in [-0.2, 0) is 19.1 Å². The number of hydrogen-bond donors (Lipinski definition) is 1. The molecular formula is C21H28O5. The third-order valence-electron chi connectivity index (χ3n) is 8.20. The molecule has 3 fully saturated rings. The van der Waals surface area contributed by atoms with E-state index in [0.717, 1.165) is 12.0 Å². The van der Waals surface area contributed by atoms with E-state index < -0.39 is 23.1 Å². The lowest BCUT2D eigenvalue weighted by Crippen LogP contribution is -2.67. The fourth-order valence-electron chi connectivity index (χ4n) is 6.60. The molecule has 6 atom stereocenters. The van der Waals surface area contributed by atoms with Crippen LogP contribution in [0.3, 0.4) is 0 Å². The van der Waals surface area contributed by atoms with Gasteiger partial charge in [0.25, 0.3) is 0 Å². The average molecular weight is 360 g/mol. The van der Waals surface area contributed by atoms with Gasteiger partial charge in [0.05, 0.1) is 11.0 Å². The van der Waals surface area contributed by atoms with Crippen molar-refractivity contribution in [2.75, 3.05) is 0 Å². The van der Waals surface area contributed by atoms with Crippen molar-refractivity contribution in [3.8, 4) is 0 Å².